The number of ether oxygens (including phenoxy) is 1. The van der Waals surface area contributed by atoms with Gasteiger partial charge < -0.3 is 45.6 Å². The summed E-state index contributed by atoms with van der Waals surface area (Å²) in [5.41, 5.74) is -0.940. The van der Waals surface area contributed by atoms with E-state index in [1.807, 2.05) is 0 Å². The molecule has 47 heavy (non-hydrogen) atoms. The minimum Gasteiger partial charge on any atom is -0.478 e. The normalized spacial score (nSPS) is 9.94. The molecule has 0 saturated heterocycles. The Labute approximate surface area is 264 Å². The zero-order valence-electron chi connectivity index (χ0n) is 23.8. The lowest BCUT2D eigenvalue weighted by Crippen LogP contribution is -2.07. The number of carbonyl (C=O) groups is 6. The van der Waals surface area contributed by atoms with Crippen LogP contribution < -0.4 is 0 Å². The lowest BCUT2D eigenvalue weighted by Gasteiger charge is -2.02. The van der Waals surface area contributed by atoms with Crippen LogP contribution >= 0.6 is 0 Å². The maximum absolute atomic E-state index is 10.8. The minimum absolute atomic E-state index is 0.0186. The summed E-state index contributed by atoms with van der Waals surface area (Å²) in [5.74, 6) is -7.36. The Morgan fingerprint density at radius 1 is 0.489 bits per heavy atom. The first-order valence-electron chi connectivity index (χ1n) is 12.4. The highest BCUT2D eigenvalue weighted by atomic mass is 32.2. The van der Waals surface area contributed by atoms with E-state index in [9.17, 15) is 37.2 Å². The maximum Gasteiger partial charge on any atom is 0.335 e. The molecule has 0 heterocycles. The second-order valence-corrected chi connectivity index (χ2v) is 9.69. The summed E-state index contributed by atoms with van der Waals surface area (Å²) in [6, 6.07) is 12.4. The molecule has 3 aromatic rings. The van der Waals surface area contributed by atoms with E-state index in [-0.39, 0.29) is 35.5 Å². The predicted octanol–water partition coefficient (Wildman–Crippen LogP) is 1.48. The van der Waals surface area contributed by atoms with E-state index in [2.05, 4.69) is 4.74 Å². The van der Waals surface area contributed by atoms with Gasteiger partial charge in [0.1, 0.15) is 0 Å². The van der Waals surface area contributed by atoms with Crippen molar-refractivity contribution < 1.29 is 87.3 Å². The maximum atomic E-state index is 10.8. The summed E-state index contributed by atoms with van der Waals surface area (Å²) in [4.78, 5) is 61.8. The van der Waals surface area contributed by atoms with Crippen molar-refractivity contribution in [3.8, 4) is 0 Å². The van der Waals surface area contributed by atoms with Crippen molar-refractivity contribution in [3.63, 3.8) is 0 Å². The fourth-order valence-electron chi connectivity index (χ4n) is 2.77. The second-order valence-electron chi connectivity index (χ2n) is 8.27. The van der Waals surface area contributed by atoms with Crippen molar-refractivity contribution in [2.45, 2.75) is 4.90 Å². The largest absolute Gasteiger partial charge is 0.478 e. The molecule has 3 aromatic carbocycles. The number of hydrogen-bond acceptors (Lipinski definition) is 11. The van der Waals surface area contributed by atoms with Gasteiger partial charge in [0.05, 0.1) is 64.7 Å². The lowest BCUT2D eigenvalue weighted by molar-refractivity contribution is 0.0650. The first-order valence-corrected chi connectivity index (χ1v) is 13.8. The highest BCUT2D eigenvalue weighted by Crippen LogP contribution is 2.15. The molecule has 0 saturated carbocycles. The molecule has 0 radical (unpaired) electrons. The Bertz CT molecular complexity index is 1560. The summed E-state index contributed by atoms with van der Waals surface area (Å²) in [5, 5.41) is 67.3. The van der Waals surface area contributed by atoms with E-state index in [1.54, 1.807) is 0 Å². The smallest absolute Gasteiger partial charge is 0.335 e. The molecule has 0 unspecified atom stereocenters. The number of benzene rings is 3. The Morgan fingerprint density at radius 2 is 0.787 bits per heavy atom. The number of aliphatic hydroxyl groups excluding tert-OH is 2. The molecule has 0 aliphatic carbocycles. The Kier molecular flexibility index (Phi) is 17.9. The molecule has 0 atom stereocenters. The third-order valence-corrected chi connectivity index (χ3v) is 5.74. The van der Waals surface area contributed by atoms with Gasteiger partial charge in [0.15, 0.2) is 0 Å². The molecular formula is C28H28O18S. The van der Waals surface area contributed by atoms with Crippen LogP contribution in [0.3, 0.4) is 0 Å². The fraction of sp³-hybridized carbons (Fsp3) is 0.143. The Morgan fingerprint density at radius 3 is 1.04 bits per heavy atom. The van der Waals surface area contributed by atoms with Crippen LogP contribution in [0, 0.1) is 0 Å². The van der Waals surface area contributed by atoms with Gasteiger partial charge in [-0.2, -0.15) is 8.42 Å². The van der Waals surface area contributed by atoms with E-state index in [1.165, 1.54) is 42.5 Å². The first-order chi connectivity index (χ1) is 21.8. The third-order valence-electron chi connectivity index (χ3n) is 4.90. The lowest BCUT2D eigenvalue weighted by atomic mass is 10.1. The number of carboxylic acid groups (broad SMARTS) is 6. The Balaban J connectivity index is 0.000000622. The van der Waals surface area contributed by atoms with E-state index in [0.29, 0.717) is 25.3 Å². The van der Waals surface area contributed by atoms with Crippen LogP contribution in [0.1, 0.15) is 62.1 Å². The monoisotopic (exact) mass is 684 g/mol. The molecule has 18 nitrogen and oxygen atoms in total. The van der Waals surface area contributed by atoms with Crippen molar-refractivity contribution in [2.75, 3.05) is 26.4 Å². The molecule has 0 amide bonds. The Hall–Kier alpha value is -5.73. The molecule has 0 aromatic heterocycles. The van der Waals surface area contributed by atoms with Crippen molar-refractivity contribution in [1.82, 2.24) is 0 Å². The van der Waals surface area contributed by atoms with E-state index < -0.39 is 62.0 Å². The second kappa shape index (κ2) is 20.3. The van der Waals surface area contributed by atoms with Gasteiger partial charge >= 0.3 is 35.8 Å². The van der Waals surface area contributed by atoms with Crippen LogP contribution in [-0.4, -0.2) is 116 Å². The molecule has 0 spiro atoms. The van der Waals surface area contributed by atoms with Crippen molar-refractivity contribution in [3.05, 3.63) is 100 Å². The molecule has 0 fully saturated rings. The average molecular weight is 685 g/mol. The minimum atomic E-state index is -4.64. The third kappa shape index (κ3) is 16.2. The highest BCUT2D eigenvalue weighted by Gasteiger charge is 2.17. The van der Waals surface area contributed by atoms with Gasteiger partial charge in [0.2, 0.25) is 0 Å². The van der Waals surface area contributed by atoms with Gasteiger partial charge in [-0.1, -0.05) is 6.07 Å². The van der Waals surface area contributed by atoms with Crippen LogP contribution in [0.25, 0.3) is 0 Å². The van der Waals surface area contributed by atoms with Crippen molar-refractivity contribution in [1.29, 1.82) is 0 Å². The number of hydrogen-bond donors (Lipinski definition) is 9. The fourth-order valence-corrected chi connectivity index (χ4v) is 3.32. The number of rotatable bonds is 11. The van der Waals surface area contributed by atoms with Gasteiger partial charge in [-0.15, -0.1) is 0 Å². The highest BCUT2D eigenvalue weighted by molar-refractivity contribution is 7.85. The average Bonchev–Trinajstić information content (AvgIpc) is 3.01. The van der Waals surface area contributed by atoms with Crippen LogP contribution in [-0.2, 0) is 14.9 Å². The van der Waals surface area contributed by atoms with Crippen molar-refractivity contribution in [2.24, 2.45) is 0 Å². The van der Waals surface area contributed by atoms with Crippen molar-refractivity contribution >= 4 is 45.9 Å². The first kappa shape index (κ1) is 41.3. The zero-order valence-corrected chi connectivity index (χ0v) is 24.6. The van der Waals surface area contributed by atoms with Crippen LogP contribution in [0.2, 0.25) is 0 Å². The molecule has 254 valence electrons. The summed E-state index contributed by atoms with van der Waals surface area (Å²) >= 11 is 0. The van der Waals surface area contributed by atoms with Gasteiger partial charge in [-0.3, -0.25) is 4.55 Å². The van der Waals surface area contributed by atoms with E-state index in [0.717, 1.165) is 12.1 Å². The van der Waals surface area contributed by atoms with Crippen LogP contribution in [0.15, 0.2) is 71.6 Å². The molecule has 0 bridgehead atoms. The van der Waals surface area contributed by atoms with Crippen LogP contribution in [0.4, 0.5) is 0 Å². The molecule has 9 N–H and O–H groups in total. The van der Waals surface area contributed by atoms with Gasteiger partial charge in [-0.25, -0.2) is 28.8 Å². The zero-order chi connectivity index (χ0) is 36.3. The predicted molar refractivity (Wildman–Crippen MR) is 156 cm³/mol. The standard InChI is InChI=1S/C8H6O7S.2C8H6O4.C4H10O3/c9-7(10)4-1-5(8(11)12)3-6(2-4)16(13,14)15;9-7(10)5-1-2-6(4-3-5)8(11)12;9-7(10)5-2-1-3-6(4-5)8(11)12;5-1-3-7-4-2-6/h1-3H,(H,9,10)(H,11,12)(H,13,14,15);2*1-4H,(H,9,10)(H,11,12);5-6H,1-4H2. The van der Waals surface area contributed by atoms with Gasteiger partial charge in [0.25, 0.3) is 10.1 Å². The van der Waals surface area contributed by atoms with Crippen LogP contribution in [0.5, 0.6) is 0 Å². The quantitative estimate of drug-likeness (QED) is 0.102. The summed E-state index contributed by atoms with van der Waals surface area (Å²) in [6.07, 6.45) is 0. The molecule has 3 rings (SSSR count). The number of aromatic carboxylic acids is 6. The SMILES string of the molecule is O=C(O)c1cc(C(=O)O)cc(S(=O)(=O)O)c1.O=C(O)c1ccc(C(=O)O)cc1.O=C(O)c1cccc(C(=O)O)c1.OCCOCCO. The molecular weight excluding hydrogens is 656 g/mol. The summed E-state index contributed by atoms with van der Waals surface area (Å²) in [7, 11) is -4.64. The number of carboxylic acids is 6. The van der Waals surface area contributed by atoms with E-state index in [4.69, 9.17) is 45.4 Å². The summed E-state index contributed by atoms with van der Waals surface area (Å²) in [6.45, 7) is 0.696. The number of aliphatic hydroxyl groups is 2. The topological polar surface area (TPSA) is 328 Å². The molecule has 0 aliphatic heterocycles. The van der Waals surface area contributed by atoms with Gasteiger partial charge in [-0.05, 0) is 60.7 Å². The van der Waals surface area contributed by atoms with E-state index >= 15 is 0 Å². The molecule has 19 heteroatoms. The molecule has 0 aliphatic rings. The van der Waals surface area contributed by atoms with Gasteiger partial charge in [0, 0.05) is 0 Å². The summed E-state index contributed by atoms with van der Waals surface area (Å²) < 4.78 is 34.8.